The van der Waals surface area contributed by atoms with Crippen LogP contribution in [-0.2, 0) is 16.0 Å². The van der Waals surface area contributed by atoms with E-state index in [0.717, 1.165) is 16.3 Å². The van der Waals surface area contributed by atoms with Crippen LogP contribution >= 0.6 is 11.3 Å². The summed E-state index contributed by atoms with van der Waals surface area (Å²) in [4.78, 5) is 22.0. The van der Waals surface area contributed by atoms with Gasteiger partial charge in [0.15, 0.2) is 4.96 Å². The molecule has 0 aromatic carbocycles. The predicted molar refractivity (Wildman–Crippen MR) is 97.5 cm³/mol. The molecule has 0 spiro atoms. The average Bonchev–Trinajstić information content (AvgIpc) is 3.20. The van der Waals surface area contributed by atoms with E-state index in [9.17, 15) is 4.79 Å². The molecular formula is C18H20N4O3S. The molecule has 1 aliphatic heterocycles. The maximum absolute atomic E-state index is 12.5. The van der Waals surface area contributed by atoms with Crippen LogP contribution in [0.4, 0.5) is 0 Å². The number of aromatic nitrogens is 3. The maximum Gasteiger partial charge on any atom is 0.226 e. The lowest BCUT2D eigenvalue weighted by Gasteiger charge is -2.32. The van der Waals surface area contributed by atoms with Gasteiger partial charge in [-0.25, -0.2) is 4.98 Å². The van der Waals surface area contributed by atoms with Crippen LogP contribution in [0.25, 0.3) is 4.96 Å². The number of aryl methyl sites for hydroxylation is 1. The highest BCUT2D eigenvalue weighted by molar-refractivity contribution is 7.15. The molecule has 2 atom stereocenters. The van der Waals surface area contributed by atoms with Crippen molar-refractivity contribution in [3.8, 4) is 5.75 Å². The van der Waals surface area contributed by atoms with E-state index in [1.54, 1.807) is 17.5 Å². The third-order valence-electron chi connectivity index (χ3n) is 4.31. The Bertz CT molecular complexity index is 861. The van der Waals surface area contributed by atoms with Gasteiger partial charge in [-0.05, 0) is 25.5 Å². The Kier molecular flexibility index (Phi) is 4.85. The van der Waals surface area contributed by atoms with Crippen LogP contribution in [-0.4, -0.2) is 45.6 Å². The third kappa shape index (κ3) is 3.86. The number of imidazole rings is 1. The summed E-state index contributed by atoms with van der Waals surface area (Å²) in [6.45, 7) is 2.98. The summed E-state index contributed by atoms with van der Waals surface area (Å²) in [5, 5.41) is 5.04. The summed E-state index contributed by atoms with van der Waals surface area (Å²) in [5.41, 5.74) is 1.70. The van der Waals surface area contributed by atoms with Crippen molar-refractivity contribution in [3.63, 3.8) is 0 Å². The van der Waals surface area contributed by atoms with Crippen LogP contribution in [0, 0.1) is 6.92 Å². The Morgan fingerprint density at radius 3 is 3.23 bits per heavy atom. The number of pyridine rings is 1. The van der Waals surface area contributed by atoms with Crippen molar-refractivity contribution in [2.45, 2.75) is 31.9 Å². The third-order valence-corrected chi connectivity index (χ3v) is 5.08. The molecular weight excluding hydrogens is 352 g/mol. The van der Waals surface area contributed by atoms with Gasteiger partial charge in [-0.2, -0.15) is 0 Å². The molecule has 3 aromatic heterocycles. The van der Waals surface area contributed by atoms with Gasteiger partial charge in [0.05, 0.1) is 31.0 Å². The minimum absolute atomic E-state index is 0.0571. The molecule has 0 radical (unpaired) electrons. The molecule has 0 aliphatic carbocycles. The zero-order valence-corrected chi connectivity index (χ0v) is 15.2. The number of fused-ring (bicyclic) bond motifs is 1. The Morgan fingerprint density at radius 1 is 1.50 bits per heavy atom. The van der Waals surface area contributed by atoms with Crippen molar-refractivity contribution < 1.29 is 14.3 Å². The highest BCUT2D eigenvalue weighted by atomic mass is 32.1. The SMILES string of the molecule is Cc1ccc(O[C@H]2COCC[C@H]2NC(=O)Cc2cn3ccsc3n2)cn1. The molecule has 7 nitrogen and oxygen atoms in total. The molecule has 1 aliphatic rings. The number of ether oxygens (including phenoxy) is 2. The molecule has 1 saturated heterocycles. The largest absolute Gasteiger partial charge is 0.484 e. The molecule has 26 heavy (non-hydrogen) atoms. The molecule has 4 heterocycles. The van der Waals surface area contributed by atoms with E-state index in [0.29, 0.717) is 25.4 Å². The first-order chi connectivity index (χ1) is 12.7. The summed E-state index contributed by atoms with van der Waals surface area (Å²) >= 11 is 1.55. The van der Waals surface area contributed by atoms with E-state index >= 15 is 0 Å². The van der Waals surface area contributed by atoms with Crippen molar-refractivity contribution >= 4 is 22.2 Å². The second-order valence-electron chi connectivity index (χ2n) is 6.33. The van der Waals surface area contributed by atoms with Gasteiger partial charge in [-0.3, -0.25) is 14.2 Å². The van der Waals surface area contributed by atoms with Crippen molar-refractivity contribution in [2.24, 2.45) is 0 Å². The van der Waals surface area contributed by atoms with Crippen molar-refractivity contribution in [1.82, 2.24) is 19.7 Å². The van der Waals surface area contributed by atoms with Gasteiger partial charge in [0.25, 0.3) is 0 Å². The van der Waals surface area contributed by atoms with Crippen LogP contribution in [0.3, 0.4) is 0 Å². The Labute approximate surface area is 155 Å². The summed E-state index contributed by atoms with van der Waals surface area (Å²) in [5.74, 6) is 0.623. The summed E-state index contributed by atoms with van der Waals surface area (Å²) in [7, 11) is 0. The second-order valence-corrected chi connectivity index (χ2v) is 7.20. The van der Waals surface area contributed by atoms with Crippen LogP contribution in [0.2, 0.25) is 0 Å². The summed E-state index contributed by atoms with van der Waals surface area (Å²) in [6, 6.07) is 3.69. The monoisotopic (exact) mass is 372 g/mol. The van der Waals surface area contributed by atoms with Gasteiger partial charge < -0.3 is 14.8 Å². The Hall–Kier alpha value is -2.45. The van der Waals surface area contributed by atoms with Crippen molar-refractivity contribution in [1.29, 1.82) is 0 Å². The van der Waals surface area contributed by atoms with Gasteiger partial charge in [0.1, 0.15) is 11.9 Å². The number of rotatable bonds is 5. The minimum Gasteiger partial charge on any atom is -0.484 e. The van der Waals surface area contributed by atoms with E-state index in [1.807, 2.05) is 41.2 Å². The zero-order chi connectivity index (χ0) is 17.9. The fourth-order valence-corrected chi connectivity index (χ4v) is 3.69. The number of hydrogen-bond donors (Lipinski definition) is 1. The molecule has 1 amide bonds. The topological polar surface area (TPSA) is 77.8 Å². The van der Waals surface area contributed by atoms with E-state index in [-0.39, 0.29) is 24.5 Å². The van der Waals surface area contributed by atoms with Gasteiger partial charge in [0, 0.05) is 30.1 Å². The first kappa shape index (κ1) is 17.0. The van der Waals surface area contributed by atoms with Gasteiger partial charge >= 0.3 is 0 Å². The smallest absolute Gasteiger partial charge is 0.226 e. The molecule has 136 valence electrons. The van der Waals surface area contributed by atoms with Crippen LogP contribution in [0.5, 0.6) is 5.75 Å². The van der Waals surface area contributed by atoms with Gasteiger partial charge in [0.2, 0.25) is 5.91 Å². The summed E-state index contributed by atoms with van der Waals surface area (Å²) in [6.07, 6.45) is 6.26. The Morgan fingerprint density at radius 2 is 2.42 bits per heavy atom. The molecule has 4 rings (SSSR count). The second kappa shape index (κ2) is 7.43. The normalized spacial score (nSPS) is 20.2. The number of carbonyl (C=O) groups is 1. The van der Waals surface area contributed by atoms with Crippen LogP contribution in [0.15, 0.2) is 36.1 Å². The maximum atomic E-state index is 12.5. The fraction of sp³-hybridized carbons (Fsp3) is 0.389. The highest BCUT2D eigenvalue weighted by Crippen LogP contribution is 2.18. The quantitative estimate of drug-likeness (QED) is 0.741. The lowest BCUT2D eigenvalue weighted by atomic mass is 10.1. The number of carbonyl (C=O) groups excluding carboxylic acids is 1. The average molecular weight is 372 g/mol. The molecule has 1 N–H and O–H groups in total. The molecule has 0 saturated carbocycles. The van der Waals surface area contributed by atoms with E-state index in [1.165, 1.54) is 0 Å². The van der Waals surface area contributed by atoms with Crippen LogP contribution < -0.4 is 10.1 Å². The van der Waals surface area contributed by atoms with E-state index in [2.05, 4.69) is 15.3 Å². The van der Waals surface area contributed by atoms with E-state index < -0.39 is 0 Å². The predicted octanol–water partition coefficient (Wildman–Crippen LogP) is 1.99. The number of amides is 1. The number of hydrogen-bond acceptors (Lipinski definition) is 6. The summed E-state index contributed by atoms with van der Waals surface area (Å²) < 4.78 is 13.4. The molecule has 8 heteroatoms. The minimum atomic E-state index is -0.234. The molecule has 0 unspecified atom stereocenters. The standard InChI is InChI=1S/C18H20N4O3S/c1-12-2-3-14(9-19-12)25-16-11-24-6-4-15(16)21-17(23)8-13-10-22-5-7-26-18(22)20-13/h2-3,5,7,9-10,15-16H,4,6,8,11H2,1H3,(H,21,23)/t15-,16+/m1/s1. The number of nitrogens with one attached hydrogen (secondary N) is 1. The van der Waals surface area contributed by atoms with Crippen molar-refractivity contribution in [3.05, 3.63) is 47.5 Å². The number of thiazole rings is 1. The lowest BCUT2D eigenvalue weighted by molar-refractivity contribution is -0.123. The van der Waals surface area contributed by atoms with Crippen LogP contribution in [0.1, 0.15) is 17.8 Å². The first-order valence-electron chi connectivity index (χ1n) is 8.55. The van der Waals surface area contributed by atoms with Gasteiger partial charge in [-0.1, -0.05) is 0 Å². The molecule has 3 aromatic rings. The fourth-order valence-electron chi connectivity index (χ4n) is 2.98. The van der Waals surface area contributed by atoms with Gasteiger partial charge in [-0.15, -0.1) is 11.3 Å². The molecule has 0 bridgehead atoms. The van der Waals surface area contributed by atoms with Crippen molar-refractivity contribution in [2.75, 3.05) is 13.2 Å². The zero-order valence-electron chi connectivity index (χ0n) is 14.4. The highest BCUT2D eigenvalue weighted by Gasteiger charge is 2.29. The molecule has 1 fully saturated rings. The number of nitrogens with zero attached hydrogens (tertiary/aromatic N) is 3. The first-order valence-corrected chi connectivity index (χ1v) is 9.43. The lowest BCUT2D eigenvalue weighted by Crippen LogP contribution is -2.51. The van der Waals surface area contributed by atoms with E-state index in [4.69, 9.17) is 9.47 Å². The Balaban J connectivity index is 1.38.